The van der Waals surface area contributed by atoms with Gasteiger partial charge in [-0.05, 0) is 50.5 Å². The Morgan fingerprint density at radius 3 is 2.48 bits per heavy atom. The summed E-state index contributed by atoms with van der Waals surface area (Å²) in [7, 11) is 0. The van der Waals surface area contributed by atoms with E-state index in [0.717, 1.165) is 19.3 Å². The lowest BCUT2D eigenvalue weighted by Gasteiger charge is -2.19. The van der Waals surface area contributed by atoms with E-state index in [1.165, 1.54) is 36.4 Å². The van der Waals surface area contributed by atoms with Gasteiger partial charge in [0.05, 0.1) is 23.8 Å². The number of benzene rings is 2. The fourth-order valence-corrected chi connectivity index (χ4v) is 3.15. The highest BCUT2D eigenvalue weighted by atomic mass is 35.5. The Labute approximate surface area is 185 Å². The van der Waals surface area contributed by atoms with Crippen LogP contribution in [-0.2, 0) is 9.53 Å². The molecule has 0 aromatic heterocycles. The summed E-state index contributed by atoms with van der Waals surface area (Å²) in [5.74, 6) is -1.00. The smallest absolute Gasteiger partial charge is 0.339 e. The van der Waals surface area contributed by atoms with Gasteiger partial charge in [0.2, 0.25) is 6.10 Å². The molecule has 0 spiro atoms. The minimum Gasteiger partial charge on any atom is -0.490 e. The second-order valence-electron chi connectivity index (χ2n) is 7.19. The van der Waals surface area contributed by atoms with Crippen molar-refractivity contribution in [3.8, 4) is 11.5 Å². The maximum absolute atomic E-state index is 13.3. The second-order valence-corrected chi connectivity index (χ2v) is 7.59. The van der Waals surface area contributed by atoms with E-state index in [0.29, 0.717) is 30.3 Å². The van der Waals surface area contributed by atoms with Gasteiger partial charge >= 0.3 is 5.97 Å². The van der Waals surface area contributed by atoms with Crippen molar-refractivity contribution < 1.29 is 28.2 Å². The molecule has 8 heteroatoms. The number of halogens is 2. The molecule has 0 saturated heterocycles. The molecule has 2 aromatic rings. The van der Waals surface area contributed by atoms with Gasteiger partial charge < -0.3 is 19.5 Å². The third-order valence-corrected chi connectivity index (χ3v) is 4.84. The first-order valence-corrected chi connectivity index (χ1v) is 10.7. The van der Waals surface area contributed by atoms with Crippen LogP contribution in [0.2, 0.25) is 5.02 Å². The second kappa shape index (κ2) is 10.5. The standard InChI is InChI=1S/C23H25ClFNO5/c1-3-11-30-21-18(24)12-15(13-19(21)29-4-2)23(28)31-20(22(27)26-17-9-10-17)14-5-7-16(25)8-6-14/h5-8,12-13,17,20H,3-4,9-11H2,1-2H3,(H,26,27). The van der Waals surface area contributed by atoms with E-state index in [2.05, 4.69) is 5.32 Å². The lowest BCUT2D eigenvalue weighted by atomic mass is 10.1. The summed E-state index contributed by atoms with van der Waals surface area (Å²) >= 11 is 6.33. The maximum atomic E-state index is 13.3. The topological polar surface area (TPSA) is 73.9 Å². The zero-order valence-electron chi connectivity index (χ0n) is 17.5. The average Bonchev–Trinajstić information content (AvgIpc) is 3.56. The van der Waals surface area contributed by atoms with Gasteiger partial charge in [-0.2, -0.15) is 0 Å². The summed E-state index contributed by atoms with van der Waals surface area (Å²) < 4.78 is 30.1. The molecule has 166 valence electrons. The zero-order chi connectivity index (χ0) is 22.4. The molecule has 2 aromatic carbocycles. The van der Waals surface area contributed by atoms with E-state index in [9.17, 15) is 14.0 Å². The first kappa shape index (κ1) is 22.9. The molecule has 1 N–H and O–H groups in total. The molecule has 6 nitrogen and oxygen atoms in total. The fourth-order valence-electron chi connectivity index (χ4n) is 2.88. The Bertz CT molecular complexity index is 930. The lowest BCUT2D eigenvalue weighted by Crippen LogP contribution is -2.33. The Hall–Kier alpha value is -2.80. The van der Waals surface area contributed by atoms with Crippen molar-refractivity contribution in [3.05, 3.63) is 58.4 Å². The van der Waals surface area contributed by atoms with Gasteiger partial charge in [-0.15, -0.1) is 0 Å². The van der Waals surface area contributed by atoms with E-state index in [-0.39, 0.29) is 16.6 Å². The van der Waals surface area contributed by atoms with Crippen LogP contribution in [0.1, 0.15) is 55.1 Å². The number of hydrogen-bond donors (Lipinski definition) is 1. The average molecular weight is 450 g/mol. The number of hydrogen-bond acceptors (Lipinski definition) is 5. The molecule has 31 heavy (non-hydrogen) atoms. The molecule has 0 bridgehead atoms. The number of carbonyl (C=O) groups excluding carboxylic acids is 2. The van der Waals surface area contributed by atoms with Crippen LogP contribution in [-0.4, -0.2) is 31.1 Å². The molecule has 1 unspecified atom stereocenters. The minimum absolute atomic E-state index is 0.0724. The van der Waals surface area contributed by atoms with Crippen LogP contribution in [0.5, 0.6) is 11.5 Å². The summed E-state index contributed by atoms with van der Waals surface area (Å²) in [6.45, 7) is 4.55. The van der Waals surface area contributed by atoms with Crippen molar-refractivity contribution in [2.45, 2.75) is 45.3 Å². The molecular weight excluding hydrogens is 425 g/mol. The van der Waals surface area contributed by atoms with Crippen LogP contribution >= 0.6 is 11.6 Å². The van der Waals surface area contributed by atoms with Gasteiger partial charge in [0, 0.05) is 11.6 Å². The summed E-state index contributed by atoms with van der Waals surface area (Å²) in [4.78, 5) is 25.6. The van der Waals surface area contributed by atoms with E-state index >= 15 is 0 Å². The molecule has 1 saturated carbocycles. The molecule has 0 radical (unpaired) electrons. The number of rotatable bonds is 10. The monoisotopic (exact) mass is 449 g/mol. The quantitative estimate of drug-likeness (QED) is 0.525. The van der Waals surface area contributed by atoms with Gasteiger partial charge in [-0.1, -0.05) is 30.7 Å². The number of ether oxygens (including phenoxy) is 3. The molecule has 1 aliphatic rings. The van der Waals surface area contributed by atoms with E-state index in [1.54, 1.807) is 6.92 Å². The highest BCUT2D eigenvalue weighted by Gasteiger charge is 2.31. The van der Waals surface area contributed by atoms with Crippen molar-refractivity contribution in [3.63, 3.8) is 0 Å². The SMILES string of the molecule is CCCOc1c(Cl)cc(C(=O)OC(C(=O)NC2CC2)c2ccc(F)cc2)cc1OCC. The fraction of sp³-hybridized carbons (Fsp3) is 0.391. The van der Waals surface area contributed by atoms with Crippen molar-refractivity contribution >= 4 is 23.5 Å². The van der Waals surface area contributed by atoms with Gasteiger partial charge in [0.1, 0.15) is 5.82 Å². The zero-order valence-corrected chi connectivity index (χ0v) is 18.2. The van der Waals surface area contributed by atoms with Crippen LogP contribution in [0.3, 0.4) is 0 Å². The molecule has 0 heterocycles. The van der Waals surface area contributed by atoms with Crippen LogP contribution in [0, 0.1) is 5.82 Å². The molecule has 3 rings (SSSR count). The van der Waals surface area contributed by atoms with Crippen LogP contribution in [0.25, 0.3) is 0 Å². The highest BCUT2D eigenvalue weighted by molar-refractivity contribution is 6.32. The van der Waals surface area contributed by atoms with Gasteiger partial charge in [-0.3, -0.25) is 4.79 Å². The Balaban J connectivity index is 1.86. The van der Waals surface area contributed by atoms with Crippen molar-refractivity contribution in [2.75, 3.05) is 13.2 Å². The van der Waals surface area contributed by atoms with Crippen molar-refractivity contribution in [2.24, 2.45) is 0 Å². The van der Waals surface area contributed by atoms with E-state index in [1.807, 2.05) is 6.92 Å². The van der Waals surface area contributed by atoms with Gasteiger partial charge in [0.15, 0.2) is 11.5 Å². The Morgan fingerprint density at radius 1 is 1.16 bits per heavy atom. The maximum Gasteiger partial charge on any atom is 0.339 e. The minimum atomic E-state index is -1.22. The molecule has 1 aliphatic carbocycles. The number of nitrogens with one attached hydrogen (secondary N) is 1. The Morgan fingerprint density at radius 2 is 1.87 bits per heavy atom. The predicted molar refractivity (Wildman–Crippen MR) is 114 cm³/mol. The summed E-state index contributed by atoms with van der Waals surface area (Å²) in [6.07, 6.45) is 1.31. The predicted octanol–water partition coefficient (Wildman–Crippen LogP) is 4.84. The highest BCUT2D eigenvalue weighted by Crippen LogP contribution is 2.37. The largest absolute Gasteiger partial charge is 0.490 e. The van der Waals surface area contributed by atoms with Crippen LogP contribution in [0.4, 0.5) is 4.39 Å². The van der Waals surface area contributed by atoms with Gasteiger partial charge in [0.25, 0.3) is 5.91 Å². The molecule has 1 atom stereocenters. The number of esters is 1. The number of carbonyl (C=O) groups is 2. The lowest BCUT2D eigenvalue weighted by molar-refractivity contribution is -0.130. The molecule has 0 aliphatic heterocycles. The molecule has 1 fully saturated rings. The number of amides is 1. The first-order chi connectivity index (χ1) is 14.9. The molecule has 1 amide bonds. The summed E-state index contributed by atoms with van der Waals surface area (Å²) in [5, 5.41) is 3.02. The van der Waals surface area contributed by atoms with Crippen LogP contribution in [0.15, 0.2) is 36.4 Å². The Kier molecular flexibility index (Phi) is 7.74. The third-order valence-electron chi connectivity index (χ3n) is 4.56. The normalized spacial score (nSPS) is 13.9. The summed E-state index contributed by atoms with van der Waals surface area (Å²) in [5.41, 5.74) is 0.482. The van der Waals surface area contributed by atoms with Gasteiger partial charge in [-0.25, -0.2) is 9.18 Å². The van der Waals surface area contributed by atoms with E-state index < -0.39 is 23.8 Å². The first-order valence-electron chi connectivity index (χ1n) is 10.3. The third kappa shape index (κ3) is 6.10. The van der Waals surface area contributed by atoms with E-state index in [4.69, 9.17) is 25.8 Å². The van der Waals surface area contributed by atoms with Crippen molar-refractivity contribution in [1.82, 2.24) is 5.32 Å². The van der Waals surface area contributed by atoms with Crippen molar-refractivity contribution in [1.29, 1.82) is 0 Å². The van der Waals surface area contributed by atoms with Crippen LogP contribution < -0.4 is 14.8 Å². The summed E-state index contributed by atoms with van der Waals surface area (Å²) in [6, 6.07) is 8.22. The molecular formula is C23H25ClFNO5.